The first-order valence-corrected chi connectivity index (χ1v) is 12.9. The summed E-state index contributed by atoms with van der Waals surface area (Å²) in [6.45, 7) is 4.89. The Bertz CT molecular complexity index is 1150. The van der Waals surface area contributed by atoms with E-state index in [1.165, 1.54) is 17.9 Å². The van der Waals surface area contributed by atoms with Crippen LogP contribution in [0.2, 0.25) is 0 Å². The van der Waals surface area contributed by atoms with Gasteiger partial charge >= 0.3 is 6.18 Å². The molecule has 0 heterocycles. The Morgan fingerprint density at radius 2 is 1.74 bits per heavy atom. The van der Waals surface area contributed by atoms with E-state index in [0.29, 0.717) is 23.3 Å². The van der Waals surface area contributed by atoms with E-state index in [-0.39, 0.29) is 12.2 Å². The molecule has 2 aromatic carbocycles. The van der Waals surface area contributed by atoms with Crippen molar-refractivity contribution < 1.29 is 31.2 Å². The molecule has 0 bridgehead atoms. The minimum atomic E-state index is -4.69. The summed E-state index contributed by atoms with van der Waals surface area (Å²) in [6.07, 6.45) is -3.20. The van der Waals surface area contributed by atoms with Crippen LogP contribution in [0.3, 0.4) is 0 Å². The highest BCUT2D eigenvalue weighted by Crippen LogP contribution is 2.32. The Labute approximate surface area is 204 Å². The van der Waals surface area contributed by atoms with Gasteiger partial charge in [0.2, 0.25) is 21.8 Å². The van der Waals surface area contributed by atoms with E-state index < -0.39 is 46.2 Å². The number of benzene rings is 2. The summed E-state index contributed by atoms with van der Waals surface area (Å²) in [5.74, 6) is -1.14. The first-order chi connectivity index (χ1) is 16.3. The van der Waals surface area contributed by atoms with Gasteiger partial charge in [0.15, 0.2) is 0 Å². The largest absolute Gasteiger partial charge is 0.416 e. The third kappa shape index (κ3) is 7.71. The molecule has 1 unspecified atom stereocenters. The molecule has 2 rings (SSSR count). The second-order valence-electron chi connectivity index (χ2n) is 8.23. The van der Waals surface area contributed by atoms with Crippen molar-refractivity contribution in [3.63, 3.8) is 0 Å². The quantitative estimate of drug-likeness (QED) is 0.525. The SMILES string of the molecule is CCCNC(=O)C(C)N(Cc1ccccc1C)C(=O)CN(c1cccc(C(F)(F)F)c1)S(C)(=O)=O. The molecule has 0 aliphatic heterocycles. The highest BCUT2D eigenvalue weighted by molar-refractivity contribution is 7.92. The minimum Gasteiger partial charge on any atom is -0.354 e. The number of hydrogen-bond acceptors (Lipinski definition) is 4. The topological polar surface area (TPSA) is 86.8 Å². The van der Waals surface area contributed by atoms with Crippen LogP contribution >= 0.6 is 0 Å². The van der Waals surface area contributed by atoms with Crippen molar-refractivity contribution in [3.8, 4) is 0 Å². The molecule has 0 saturated carbocycles. The number of amides is 2. The molecule has 192 valence electrons. The van der Waals surface area contributed by atoms with Gasteiger partial charge in [-0.05, 0) is 49.6 Å². The van der Waals surface area contributed by atoms with Crippen LogP contribution in [0.4, 0.5) is 18.9 Å². The lowest BCUT2D eigenvalue weighted by atomic mass is 10.1. The average Bonchev–Trinajstić information content (AvgIpc) is 2.78. The summed E-state index contributed by atoms with van der Waals surface area (Å²) in [6, 6.07) is 10.0. The van der Waals surface area contributed by atoms with Crippen LogP contribution in [0, 0.1) is 6.92 Å². The number of halogens is 3. The molecular weight excluding hydrogens is 483 g/mol. The molecule has 0 fully saturated rings. The summed E-state index contributed by atoms with van der Waals surface area (Å²) in [5, 5.41) is 2.72. The first kappa shape index (κ1) is 28.2. The van der Waals surface area contributed by atoms with Crippen molar-refractivity contribution in [1.29, 1.82) is 0 Å². The van der Waals surface area contributed by atoms with E-state index in [9.17, 15) is 31.2 Å². The predicted molar refractivity (Wildman–Crippen MR) is 128 cm³/mol. The number of nitrogens with one attached hydrogen (secondary N) is 1. The molecule has 0 spiro atoms. The normalized spacial score (nSPS) is 12.7. The molecule has 0 aliphatic carbocycles. The van der Waals surface area contributed by atoms with E-state index in [2.05, 4.69) is 5.32 Å². The Balaban J connectivity index is 2.44. The first-order valence-electron chi connectivity index (χ1n) is 11.0. The molecule has 7 nitrogen and oxygen atoms in total. The van der Waals surface area contributed by atoms with Crippen molar-refractivity contribution in [1.82, 2.24) is 10.2 Å². The van der Waals surface area contributed by atoms with Gasteiger partial charge in [-0.25, -0.2) is 8.42 Å². The van der Waals surface area contributed by atoms with Gasteiger partial charge in [0, 0.05) is 13.1 Å². The molecule has 2 amide bonds. The Morgan fingerprint density at radius 1 is 1.09 bits per heavy atom. The Kier molecular flexibility index (Phi) is 9.31. The maximum atomic E-state index is 13.4. The molecule has 11 heteroatoms. The van der Waals surface area contributed by atoms with Gasteiger partial charge in [-0.3, -0.25) is 13.9 Å². The van der Waals surface area contributed by atoms with Gasteiger partial charge in [0.05, 0.1) is 17.5 Å². The molecule has 0 aliphatic rings. The lowest BCUT2D eigenvalue weighted by Gasteiger charge is -2.32. The summed E-state index contributed by atoms with van der Waals surface area (Å²) in [7, 11) is -4.13. The number of nitrogens with zero attached hydrogens (tertiary/aromatic N) is 2. The van der Waals surface area contributed by atoms with Crippen LogP contribution in [0.25, 0.3) is 0 Å². The van der Waals surface area contributed by atoms with E-state index in [0.717, 1.165) is 29.5 Å². The summed E-state index contributed by atoms with van der Waals surface area (Å²) in [4.78, 5) is 27.3. The van der Waals surface area contributed by atoms with Crippen LogP contribution in [0.5, 0.6) is 0 Å². The van der Waals surface area contributed by atoms with Crippen LogP contribution in [-0.2, 0) is 32.3 Å². The van der Waals surface area contributed by atoms with E-state index in [1.807, 2.05) is 26.0 Å². The smallest absolute Gasteiger partial charge is 0.354 e. The van der Waals surface area contributed by atoms with Crippen molar-refractivity contribution in [2.24, 2.45) is 0 Å². The monoisotopic (exact) mass is 513 g/mol. The third-order valence-corrected chi connectivity index (χ3v) is 6.60. The zero-order chi connectivity index (χ0) is 26.4. The molecular formula is C24H30F3N3O4S. The highest BCUT2D eigenvalue weighted by Gasteiger charge is 2.33. The predicted octanol–water partition coefficient (Wildman–Crippen LogP) is 3.72. The fraction of sp³-hybridized carbons (Fsp3) is 0.417. The molecule has 0 saturated heterocycles. The van der Waals surface area contributed by atoms with Gasteiger partial charge in [-0.2, -0.15) is 13.2 Å². The number of rotatable bonds is 10. The average molecular weight is 514 g/mol. The molecule has 1 atom stereocenters. The van der Waals surface area contributed by atoms with Crippen molar-refractivity contribution in [2.45, 2.75) is 46.0 Å². The molecule has 2 aromatic rings. The Morgan fingerprint density at radius 3 is 2.31 bits per heavy atom. The highest BCUT2D eigenvalue weighted by atomic mass is 32.2. The number of carbonyl (C=O) groups is 2. The van der Waals surface area contributed by atoms with Gasteiger partial charge in [0.1, 0.15) is 12.6 Å². The van der Waals surface area contributed by atoms with Crippen LogP contribution < -0.4 is 9.62 Å². The minimum absolute atomic E-state index is 0.0202. The number of sulfonamides is 1. The number of hydrogen-bond donors (Lipinski definition) is 1. The Hall–Kier alpha value is -3.08. The standard InChI is InChI=1S/C24H30F3N3O4S/c1-5-13-28-23(32)18(3)29(15-19-10-7-6-9-17(19)2)22(31)16-30(35(4,33)34)21-12-8-11-20(14-21)24(25,26)27/h6-12,14,18H,5,13,15-16H2,1-4H3,(H,28,32). The number of anilines is 1. The van der Waals surface area contributed by atoms with Gasteiger partial charge in [0.25, 0.3) is 0 Å². The lowest BCUT2D eigenvalue weighted by Crippen LogP contribution is -2.51. The van der Waals surface area contributed by atoms with Crippen molar-refractivity contribution >= 4 is 27.5 Å². The summed E-state index contributed by atoms with van der Waals surface area (Å²) < 4.78 is 65.2. The maximum absolute atomic E-state index is 13.4. The third-order valence-electron chi connectivity index (χ3n) is 5.46. The second kappa shape index (κ2) is 11.6. The summed E-state index contributed by atoms with van der Waals surface area (Å²) >= 11 is 0. The zero-order valence-corrected chi connectivity index (χ0v) is 20.9. The number of alkyl halides is 3. The second-order valence-corrected chi connectivity index (χ2v) is 10.1. The fourth-order valence-electron chi connectivity index (χ4n) is 3.40. The van der Waals surface area contributed by atoms with Gasteiger partial charge < -0.3 is 10.2 Å². The molecule has 1 N–H and O–H groups in total. The van der Waals surface area contributed by atoms with Crippen LogP contribution in [0.15, 0.2) is 48.5 Å². The van der Waals surface area contributed by atoms with Crippen molar-refractivity contribution in [3.05, 3.63) is 65.2 Å². The maximum Gasteiger partial charge on any atom is 0.416 e. The number of carbonyl (C=O) groups excluding carboxylic acids is 2. The van der Waals surface area contributed by atoms with Crippen molar-refractivity contribution in [2.75, 3.05) is 23.7 Å². The lowest BCUT2D eigenvalue weighted by molar-refractivity contribution is -0.139. The van der Waals surface area contributed by atoms with Crippen LogP contribution in [-0.4, -0.2) is 50.5 Å². The van der Waals surface area contributed by atoms with E-state index in [4.69, 9.17) is 0 Å². The fourth-order valence-corrected chi connectivity index (χ4v) is 4.24. The number of aryl methyl sites for hydroxylation is 1. The van der Waals surface area contributed by atoms with Crippen LogP contribution in [0.1, 0.15) is 37.0 Å². The zero-order valence-electron chi connectivity index (χ0n) is 20.1. The molecule has 0 radical (unpaired) electrons. The molecule has 35 heavy (non-hydrogen) atoms. The molecule has 0 aromatic heterocycles. The summed E-state index contributed by atoms with van der Waals surface area (Å²) in [5.41, 5.74) is 0.278. The van der Waals surface area contributed by atoms with Gasteiger partial charge in [-0.1, -0.05) is 37.3 Å². The van der Waals surface area contributed by atoms with E-state index in [1.54, 1.807) is 12.1 Å². The van der Waals surface area contributed by atoms with E-state index >= 15 is 0 Å². The van der Waals surface area contributed by atoms with Gasteiger partial charge in [-0.15, -0.1) is 0 Å².